The summed E-state index contributed by atoms with van der Waals surface area (Å²) < 4.78 is 0. The van der Waals surface area contributed by atoms with Gasteiger partial charge in [-0.05, 0) is 49.6 Å². The summed E-state index contributed by atoms with van der Waals surface area (Å²) in [5.41, 5.74) is 2.14. The van der Waals surface area contributed by atoms with Gasteiger partial charge in [-0.2, -0.15) is 0 Å². The maximum Gasteiger partial charge on any atom is 0.251 e. The first-order chi connectivity index (χ1) is 13.0. The van der Waals surface area contributed by atoms with E-state index in [2.05, 4.69) is 16.0 Å². The number of carbonyl (C=O) groups is 2. The van der Waals surface area contributed by atoms with Gasteiger partial charge in [-0.1, -0.05) is 36.4 Å². The summed E-state index contributed by atoms with van der Waals surface area (Å²) in [6, 6.07) is 20.9. The van der Waals surface area contributed by atoms with Crippen LogP contribution in [0.1, 0.15) is 24.2 Å². The van der Waals surface area contributed by atoms with Crippen molar-refractivity contribution >= 4 is 34.0 Å². The molecule has 3 rings (SSSR count). The highest BCUT2D eigenvalue weighted by Crippen LogP contribution is 2.22. The molecular weight excluding hydrogens is 338 g/mol. The van der Waals surface area contributed by atoms with Crippen molar-refractivity contribution in [1.29, 1.82) is 0 Å². The molecule has 27 heavy (non-hydrogen) atoms. The van der Waals surface area contributed by atoms with Gasteiger partial charge in [-0.3, -0.25) is 9.59 Å². The van der Waals surface area contributed by atoms with Gasteiger partial charge in [0.2, 0.25) is 5.91 Å². The second-order valence-electron chi connectivity index (χ2n) is 6.63. The number of amides is 2. The van der Waals surface area contributed by atoms with E-state index in [0.29, 0.717) is 11.3 Å². The molecule has 3 aromatic carbocycles. The van der Waals surface area contributed by atoms with Crippen LogP contribution in [0.25, 0.3) is 10.8 Å². The smallest absolute Gasteiger partial charge is 0.251 e. The van der Waals surface area contributed by atoms with E-state index in [1.807, 2.05) is 56.3 Å². The fourth-order valence-electron chi connectivity index (χ4n) is 2.81. The molecule has 0 atom stereocenters. The molecule has 0 spiro atoms. The van der Waals surface area contributed by atoms with Crippen LogP contribution in [0.3, 0.4) is 0 Å². The molecule has 0 aliphatic heterocycles. The van der Waals surface area contributed by atoms with Crippen molar-refractivity contribution in [3.63, 3.8) is 0 Å². The maximum atomic E-state index is 12.2. The van der Waals surface area contributed by atoms with Gasteiger partial charge < -0.3 is 16.0 Å². The first kappa shape index (κ1) is 18.5. The molecule has 0 bridgehead atoms. The van der Waals surface area contributed by atoms with Gasteiger partial charge in [0.1, 0.15) is 0 Å². The predicted octanol–water partition coefficient (Wildman–Crippen LogP) is 4.03. The van der Waals surface area contributed by atoms with E-state index in [1.54, 1.807) is 24.3 Å². The highest BCUT2D eigenvalue weighted by Gasteiger charge is 2.08. The summed E-state index contributed by atoms with van der Waals surface area (Å²) in [6.07, 6.45) is 0. The third-order valence-corrected chi connectivity index (χ3v) is 4.08. The van der Waals surface area contributed by atoms with Gasteiger partial charge in [0.25, 0.3) is 5.91 Å². The van der Waals surface area contributed by atoms with Crippen LogP contribution in [-0.2, 0) is 4.79 Å². The average Bonchev–Trinajstić information content (AvgIpc) is 2.66. The number of benzene rings is 3. The second kappa shape index (κ2) is 8.36. The van der Waals surface area contributed by atoms with Crippen LogP contribution in [0.2, 0.25) is 0 Å². The molecule has 138 valence electrons. The van der Waals surface area contributed by atoms with Gasteiger partial charge in [-0.15, -0.1) is 0 Å². The molecule has 0 aliphatic rings. The van der Waals surface area contributed by atoms with Crippen molar-refractivity contribution < 1.29 is 9.59 Å². The van der Waals surface area contributed by atoms with E-state index >= 15 is 0 Å². The molecule has 0 fully saturated rings. The lowest BCUT2D eigenvalue weighted by Crippen LogP contribution is -2.30. The number of carbonyl (C=O) groups excluding carboxylic acids is 2. The van der Waals surface area contributed by atoms with Crippen LogP contribution in [-0.4, -0.2) is 24.4 Å². The Kier molecular flexibility index (Phi) is 5.71. The lowest BCUT2D eigenvalue weighted by molar-refractivity contribution is -0.114. The molecule has 2 amide bonds. The lowest BCUT2D eigenvalue weighted by atomic mass is 10.1. The van der Waals surface area contributed by atoms with Crippen LogP contribution in [0.5, 0.6) is 0 Å². The minimum Gasteiger partial charge on any atom is -0.376 e. The monoisotopic (exact) mass is 361 g/mol. The highest BCUT2D eigenvalue weighted by molar-refractivity contribution is 5.98. The molecular formula is C22H23N3O2. The minimum absolute atomic E-state index is 0.0806. The topological polar surface area (TPSA) is 70.2 Å². The van der Waals surface area contributed by atoms with E-state index in [1.165, 1.54) is 0 Å². The van der Waals surface area contributed by atoms with Crippen LogP contribution in [0, 0.1) is 0 Å². The van der Waals surface area contributed by atoms with Crippen molar-refractivity contribution in [3.05, 3.63) is 72.3 Å². The number of hydrogen-bond donors (Lipinski definition) is 3. The number of hydrogen-bond acceptors (Lipinski definition) is 3. The molecule has 0 saturated heterocycles. The molecule has 0 unspecified atom stereocenters. The van der Waals surface area contributed by atoms with Gasteiger partial charge in [0.15, 0.2) is 0 Å². The van der Waals surface area contributed by atoms with Gasteiger partial charge in [0.05, 0.1) is 6.54 Å². The van der Waals surface area contributed by atoms with Crippen LogP contribution in [0.4, 0.5) is 11.4 Å². The Morgan fingerprint density at radius 2 is 1.59 bits per heavy atom. The highest BCUT2D eigenvalue weighted by atomic mass is 16.2. The Morgan fingerprint density at radius 1 is 0.889 bits per heavy atom. The summed E-state index contributed by atoms with van der Waals surface area (Å²) in [5, 5.41) is 11.1. The average molecular weight is 361 g/mol. The Balaban J connectivity index is 1.58. The molecule has 0 saturated carbocycles. The van der Waals surface area contributed by atoms with E-state index in [9.17, 15) is 9.59 Å². The molecule has 5 nitrogen and oxygen atoms in total. The Labute approximate surface area is 158 Å². The summed E-state index contributed by atoms with van der Waals surface area (Å²) in [5.74, 6) is -0.275. The van der Waals surface area contributed by atoms with Crippen molar-refractivity contribution in [2.75, 3.05) is 17.2 Å². The van der Waals surface area contributed by atoms with Gasteiger partial charge >= 0.3 is 0 Å². The quantitative estimate of drug-likeness (QED) is 0.621. The third kappa shape index (κ3) is 4.85. The molecule has 3 aromatic rings. The first-order valence-corrected chi connectivity index (χ1v) is 8.95. The van der Waals surface area contributed by atoms with Crippen molar-refractivity contribution in [3.8, 4) is 0 Å². The lowest BCUT2D eigenvalue weighted by Gasteiger charge is -2.11. The van der Waals surface area contributed by atoms with Crippen LogP contribution < -0.4 is 16.0 Å². The fraction of sp³-hybridized carbons (Fsp3) is 0.182. The molecule has 5 heteroatoms. The largest absolute Gasteiger partial charge is 0.376 e. The van der Waals surface area contributed by atoms with E-state index < -0.39 is 0 Å². The summed E-state index contributed by atoms with van der Waals surface area (Å²) >= 11 is 0. The molecule has 0 aromatic heterocycles. The zero-order chi connectivity index (χ0) is 19.2. The van der Waals surface area contributed by atoms with Crippen LogP contribution in [0.15, 0.2) is 66.7 Å². The molecule has 0 heterocycles. The third-order valence-electron chi connectivity index (χ3n) is 4.08. The number of rotatable bonds is 6. The Morgan fingerprint density at radius 3 is 2.33 bits per heavy atom. The van der Waals surface area contributed by atoms with Gasteiger partial charge in [-0.25, -0.2) is 0 Å². The van der Waals surface area contributed by atoms with E-state index in [0.717, 1.165) is 16.5 Å². The first-order valence-electron chi connectivity index (χ1n) is 8.95. The van der Waals surface area contributed by atoms with Crippen molar-refractivity contribution in [1.82, 2.24) is 5.32 Å². The zero-order valence-electron chi connectivity index (χ0n) is 15.5. The zero-order valence-corrected chi connectivity index (χ0v) is 15.5. The van der Waals surface area contributed by atoms with Gasteiger partial charge in [0, 0.05) is 28.4 Å². The standard InChI is InChI=1S/C22H23N3O2/c1-15(2)24-22(27)17-10-12-18(13-11-17)25-21(26)14-23-20-9-5-7-16-6-3-4-8-19(16)20/h3-13,15,23H,14H2,1-2H3,(H,24,27)(H,25,26). The Hall–Kier alpha value is -3.34. The van der Waals surface area contributed by atoms with E-state index in [4.69, 9.17) is 0 Å². The number of anilines is 2. The van der Waals surface area contributed by atoms with Crippen molar-refractivity contribution in [2.45, 2.75) is 19.9 Å². The van der Waals surface area contributed by atoms with Crippen LogP contribution >= 0.6 is 0 Å². The predicted molar refractivity (Wildman–Crippen MR) is 110 cm³/mol. The maximum absolute atomic E-state index is 12.2. The van der Waals surface area contributed by atoms with Crippen molar-refractivity contribution in [2.24, 2.45) is 0 Å². The minimum atomic E-state index is -0.151. The second-order valence-corrected chi connectivity index (χ2v) is 6.63. The molecule has 0 aliphatic carbocycles. The fourth-order valence-corrected chi connectivity index (χ4v) is 2.81. The number of nitrogens with one attached hydrogen (secondary N) is 3. The SMILES string of the molecule is CC(C)NC(=O)c1ccc(NC(=O)CNc2cccc3ccccc23)cc1. The van der Waals surface area contributed by atoms with E-state index in [-0.39, 0.29) is 24.4 Å². The summed E-state index contributed by atoms with van der Waals surface area (Å²) in [6.45, 7) is 3.98. The number of fused-ring (bicyclic) bond motifs is 1. The molecule has 3 N–H and O–H groups in total. The normalized spacial score (nSPS) is 10.6. The molecule has 0 radical (unpaired) electrons. The Bertz CT molecular complexity index is 944. The summed E-state index contributed by atoms with van der Waals surface area (Å²) in [7, 11) is 0. The summed E-state index contributed by atoms with van der Waals surface area (Å²) in [4.78, 5) is 24.2.